The first kappa shape index (κ1) is 21.8. The van der Waals surface area contributed by atoms with Gasteiger partial charge in [0.2, 0.25) is 11.8 Å². The van der Waals surface area contributed by atoms with Crippen LogP contribution in [0.3, 0.4) is 0 Å². The lowest BCUT2D eigenvalue weighted by molar-refractivity contribution is -0.118. The van der Waals surface area contributed by atoms with Gasteiger partial charge in [0.25, 0.3) is 0 Å². The maximum absolute atomic E-state index is 12.8. The number of carbonyl (C=O) groups is 2. The van der Waals surface area contributed by atoms with Crippen LogP contribution in [0.1, 0.15) is 31.7 Å². The number of sulfone groups is 1. The third kappa shape index (κ3) is 4.99. The summed E-state index contributed by atoms with van der Waals surface area (Å²) in [4.78, 5) is 26.2. The predicted molar refractivity (Wildman–Crippen MR) is 116 cm³/mol. The second-order valence-electron chi connectivity index (χ2n) is 7.14. The van der Waals surface area contributed by atoms with Gasteiger partial charge in [-0.15, -0.1) is 0 Å². The highest BCUT2D eigenvalue weighted by Crippen LogP contribution is 2.30. The number of methoxy groups -OCH3 is 1. The van der Waals surface area contributed by atoms with E-state index < -0.39 is 9.84 Å². The fraction of sp³-hybridized carbons (Fsp3) is 0.364. The molecule has 0 unspecified atom stereocenters. The molecule has 3 rings (SSSR count). The van der Waals surface area contributed by atoms with Crippen LogP contribution in [0, 0.1) is 0 Å². The van der Waals surface area contributed by atoms with Crippen LogP contribution >= 0.6 is 0 Å². The molecule has 1 N–H and O–H groups in total. The summed E-state index contributed by atoms with van der Waals surface area (Å²) in [6.07, 6.45) is 1.77. The lowest BCUT2D eigenvalue weighted by Gasteiger charge is -2.29. The maximum Gasteiger partial charge on any atom is 0.226 e. The quantitative estimate of drug-likeness (QED) is 0.728. The summed E-state index contributed by atoms with van der Waals surface area (Å²) in [6, 6.07) is 11.7. The van der Waals surface area contributed by atoms with Crippen LogP contribution in [0.4, 0.5) is 11.4 Å². The molecule has 1 aliphatic heterocycles. The van der Waals surface area contributed by atoms with E-state index in [4.69, 9.17) is 4.74 Å². The Hall–Kier alpha value is -2.87. The first-order chi connectivity index (χ1) is 14.3. The van der Waals surface area contributed by atoms with Crippen molar-refractivity contribution < 1.29 is 22.7 Å². The molecular formula is C22H26N2O5S. The smallest absolute Gasteiger partial charge is 0.226 e. The molecule has 1 aliphatic rings. The van der Waals surface area contributed by atoms with E-state index in [9.17, 15) is 18.0 Å². The molecule has 30 heavy (non-hydrogen) atoms. The average Bonchev–Trinajstić information content (AvgIpc) is 2.76. The van der Waals surface area contributed by atoms with Gasteiger partial charge in [0.05, 0.1) is 17.8 Å². The molecule has 0 aromatic heterocycles. The molecule has 7 nitrogen and oxygen atoms in total. The monoisotopic (exact) mass is 430 g/mol. The molecule has 0 spiro atoms. The number of aryl methyl sites for hydroxylation is 1. The van der Waals surface area contributed by atoms with Gasteiger partial charge in [0, 0.05) is 36.8 Å². The fourth-order valence-corrected chi connectivity index (χ4v) is 4.77. The Bertz CT molecular complexity index is 1050. The molecule has 0 saturated carbocycles. The van der Waals surface area contributed by atoms with Gasteiger partial charge in [-0.05, 0) is 48.7 Å². The van der Waals surface area contributed by atoms with Crippen LogP contribution in [-0.4, -0.2) is 39.6 Å². The summed E-state index contributed by atoms with van der Waals surface area (Å²) in [7, 11) is -2.09. The standard InChI is InChI=1S/C22H26N2O5S/c1-3-22(26)24-12-5-6-16-14-19(9-10-20(16)24)30(27,28)13-11-21(25)23-17-7-4-8-18(15-17)29-2/h4,7-10,14-15H,3,5-6,11-13H2,1-2H3,(H,23,25). The highest BCUT2D eigenvalue weighted by atomic mass is 32.2. The summed E-state index contributed by atoms with van der Waals surface area (Å²) in [5.74, 6) is -0.0468. The van der Waals surface area contributed by atoms with Gasteiger partial charge in [-0.1, -0.05) is 13.0 Å². The van der Waals surface area contributed by atoms with E-state index in [1.165, 1.54) is 13.2 Å². The van der Waals surface area contributed by atoms with Crippen LogP contribution in [0.5, 0.6) is 5.75 Å². The number of carbonyl (C=O) groups excluding carboxylic acids is 2. The van der Waals surface area contributed by atoms with Gasteiger partial charge < -0.3 is 15.0 Å². The molecule has 8 heteroatoms. The zero-order chi connectivity index (χ0) is 21.7. The van der Waals surface area contributed by atoms with Gasteiger partial charge >= 0.3 is 0 Å². The summed E-state index contributed by atoms with van der Waals surface area (Å²) >= 11 is 0. The second kappa shape index (κ2) is 9.30. The topological polar surface area (TPSA) is 92.8 Å². The van der Waals surface area contributed by atoms with Crippen molar-refractivity contribution in [3.63, 3.8) is 0 Å². The molecule has 0 atom stereocenters. The number of anilines is 2. The molecule has 0 radical (unpaired) electrons. The number of nitrogens with one attached hydrogen (secondary N) is 1. The minimum Gasteiger partial charge on any atom is -0.497 e. The summed E-state index contributed by atoms with van der Waals surface area (Å²) in [6.45, 7) is 2.46. The Morgan fingerprint density at radius 1 is 1.17 bits per heavy atom. The van der Waals surface area contributed by atoms with E-state index in [-0.39, 0.29) is 28.9 Å². The van der Waals surface area contributed by atoms with Crippen LogP contribution < -0.4 is 15.0 Å². The number of fused-ring (bicyclic) bond motifs is 1. The Morgan fingerprint density at radius 3 is 2.70 bits per heavy atom. The van der Waals surface area contributed by atoms with Crippen LogP contribution in [0.2, 0.25) is 0 Å². The van der Waals surface area contributed by atoms with Crippen LogP contribution in [-0.2, 0) is 25.8 Å². The molecule has 0 fully saturated rings. The number of ether oxygens (including phenoxy) is 1. The molecule has 2 aromatic carbocycles. The van der Waals surface area contributed by atoms with E-state index in [1.807, 2.05) is 6.92 Å². The number of hydrogen-bond acceptors (Lipinski definition) is 5. The lowest BCUT2D eigenvalue weighted by Crippen LogP contribution is -2.35. The van der Waals surface area contributed by atoms with Gasteiger partial charge in [0.1, 0.15) is 5.75 Å². The normalized spacial score (nSPS) is 13.5. The molecular weight excluding hydrogens is 404 g/mol. The molecule has 2 amide bonds. The largest absolute Gasteiger partial charge is 0.497 e. The maximum atomic E-state index is 12.8. The third-order valence-corrected chi connectivity index (χ3v) is 6.80. The Kier molecular flexibility index (Phi) is 6.77. The Morgan fingerprint density at radius 2 is 1.97 bits per heavy atom. The van der Waals surface area contributed by atoms with Crippen molar-refractivity contribution >= 4 is 33.0 Å². The number of hydrogen-bond donors (Lipinski definition) is 1. The van der Waals surface area contributed by atoms with E-state index >= 15 is 0 Å². The van der Waals surface area contributed by atoms with Gasteiger partial charge in [-0.2, -0.15) is 0 Å². The first-order valence-corrected chi connectivity index (χ1v) is 11.6. The number of benzene rings is 2. The Labute approximate surface area is 177 Å². The molecule has 0 bridgehead atoms. The zero-order valence-corrected chi connectivity index (χ0v) is 18.0. The first-order valence-electron chi connectivity index (χ1n) is 9.94. The van der Waals surface area contributed by atoms with Crippen molar-refractivity contribution in [1.29, 1.82) is 0 Å². The summed E-state index contributed by atoms with van der Waals surface area (Å²) in [5, 5.41) is 2.69. The SMILES string of the molecule is CCC(=O)N1CCCc2cc(S(=O)(=O)CCC(=O)Nc3cccc(OC)c3)ccc21. The van der Waals surface area contributed by atoms with Crippen molar-refractivity contribution in [2.75, 3.05) is 29.6 Å². The van der Waals surface area contributed by atoms with Gasteiger partial charge in [-0.25, -0.2) is 8.42 Å². The summed E-state index contributed by atoms with van der Waals surface area (Å²) < 4.78 is 30.6. The third-order valence-electron chi connectivity index (χ3n) is 5.08. The van der Waals surface area contributed by atoms with Crippen molar-refractivity contribution in [2.45, 2.75) is 37.5 Å². The predicted octanol–water partition coefficient (Wildman–Crippen LogP) is 3.19. The average molecular weight is 431 g/mol. The van der Waals surface area contributed by atoms with Crippen molar-refractivity contribution in [1.82, 2.24) is 0 Å². The van der Waals surface area contributed by atoms with Crippen molar-refractivity contribution in [3.8, 4) is 5.75 Å². The highest BCUT2D eigenvalue weighted by molar-refractivity contribution is 7.91. The zero-order valence-electron chi connectivity index (χ0n) is 17.2. The molecule has 1 heterocycles. The van der Waals surface area contributed by atoms with Gasteiger partial charge in [0.15, 0.2) is 9.84 Å². The Balaban J connectivity index is 1.68. The van der Waals surface area contributed by atoms with E-state index in [0.29, 0.717) is 24.4 Å². The molecule has 160 valence electrons. The molecule has 2 aromatic rings. The lowest BCUT2D eigenvalue weighted by atomic mass is 10.0. The minimum atomic E-state index is -3.63. The number of nitrogens with zero attached hydrogens (tertiary/aromatic N) is 1. The van der Waals surface area contributed by atoms with Gasteiger partial charge in [-0.3, -0.25) is 9.59 Å². The van der Waals surface area contributed by atoms with E-state index in [1.54, 1.807) is 41.3 Å². The fourth-order valence-electron chi connectivity index (χ4n) is 3.49. The number of amides is 2. The number of rotatable bonds is 7. The summed E-state index contributed by atoms with van der Waals surface area (Å²) in [5.41, 5.74) is 2.18. The van der Waals surface area contributed by atoms with Crippen LogP contribution in [0.15, 0.2) is 47.4 Å². The second-order valence-corrected chi connectivity index (χ2v) is 9.25. The highest BCUT2D eigenvalue weighted by Gasteiger charge is 2.24. The van der Waals surface area contributed by atoms with Crippen molar-refractivity contribution in [3.05, 3.63) is 48.0 Å². The van der Waals surface area contributed by atoms with E-state index in [0.717, 1.165) is 24.1 Å². The van der Waals surface area contributed by atoms with Crippen molar-refractivity contribution in [2.24, 2.45) is 0 Å². The van der Waals surface area contributed by atoms with E-state index in [2.05, 4.69) is 5.32 Å². The van der Waals surface area contributed by atoms with Crippen LogP contribution in [0.25, 0.3) is 0 Å². The molecule has 0 saturated heterocycles. The molecule has 0 aliphatic carbocycles. The minimum absolute atomic E-state index is 0.0285.